The van der Waals surface area contributed by atoms with Gasteiger partial charge in [-0.25, -0.2) is 0 Å². The Balaban J connectivity index is 0.000000433. The highest BCUT2D eigenvalue weighted by molar-refractivity contribution is 8.33. The van der Waals surface area contributed by atoms with Crippen LogP contribution in [0.1, 0.15) is 12.0 Å². The average Bonchev–Trinajstić information content (AvgIpc) is 2.47. The molecule has 9 heteroatoms. The maximum absolute atomic E-state index is 10.8. The first-order chi connectivity index (χ1) is 10.3. The predicted octanol–water partition coefficient (Wildman–Crippen LogP) is 1.77. The Morgan fingerprint density at radius 1 is 1.18 bits per heavy atom. The number of aliphatic hydroxyl groups excluding tert-OH is 1. The second-order valence-corrected chi connectivity index (χ2v) is 5.95. The van der Waals surface area contributed by atoms with Gasteiger partial charge < -0.3 is 15.3 Å². The van der Waals surface area contributed by atoms with Crippen molar-refractivity contribution >= 4 is 56.8 Å². The van der Waals surface area contributed by atoms with Crippen molar-refractivity contribution in [2.24, 2.45) is 0 Å². The maximum Gasteiger partial charge on any atom is 0.322 e. The molecule has 0 aliphatic carbocycles. The van der Waals surface area contributed by atoms with Crippen LogP contribution >= 0.6 is 35.6 Å². The first-order valence-corrected chi connectivity index (χ1v) is 7.43. The lowest BCUT2D eigenvalue weighted by atomic mass is 10.2. The van der Waals surface area contributed by atoms with Crippen molar-refractivity contribution in [2.45, 2.75) is 11.8 Å². The van der Waals surface area contributed by atoms with Crippen LogP contribution in [0.5, 0.6) is 0 Å². The fourth-order valence-corrected chi connectivity index (χ4v) is 2.08. The number of carboxylic acid groups (broad SMARTS) is 2. The van der Waals surface area contributed by atoms with Gasteiger partial charge in [-0.2, -0.15) is 0 Å². The van der Waals surface area contributed by atoms with Gasteiger partial charge in [0.25, 0.3) is 0 Å². The van der Waals surface area contributed by atoms with Crippen molar-refractivity contribution in [3.63, 3.8) is 0 Å². The first-order valence-electron chi connectivity index (χ1n) is 5.77. The molecule has 0 spiro atoms. The summed E-state index contributed by atoms with van der Waals surface area (Å²) in [5.74, 6) is -2.52. The van der Waals surface area contributed by atoms with Crippen molar-refractivity contribution < 1.29 is 29.7 Å². The Morgan fingerprint density at radius 2 is 1.73 bits per heavy atom. The number of carbonyl (C=O) groups excluding carboxylic acids is 1. The van der Waals surface area contributed by atoms with Gasteiger partial charge in [0, 0.05) is 0 Å². The summed E-state index contributed by atoms with van der Waals surface area (Å²) in [5.41, 5.74) is 0.837. The molecule has 0 aliphatic rings. The molecule has 0 saturated heterocycles. The maximum atomic E-state index is 10.8. The van der Waals surface area contributed by atoms with E-state index in [2.05, 4.69) is 0 Å². The number of alkyl halides is 1. The molecule has 120 valence electrons. The molecule has 1 aromatic rings. The van der Waals surface area contributed by atoms with E-state index in [-0.39, 0.29) is 5.12 Å². The predicted molar refractivity (Wildman–Crippen MR) is 87.4 cm³/mol. The van der Waals surface area contributed by atoms with Crippen molar-refractivity contribution in [1.82, 2.24) is 0 Å². The zero-order valence-electron chi connectivity index (χ0n) is 11.1. The minimum absolute atomic E-state index is 0.325. The molecule has 1 aromatic carbocycles. The number of aliphatic hydroxyl groups is 1. The Morgan fingerprint density at radius 3 is 2.09 bits per heavy atom. The number of thiocarbonyl (C=S) groups is 1. The van der Waals surface area contributed by atoms with Gasteiger partial charge in [0.15, 0.2) is 0 Å². The van der Waals surface area contributed by atoms with Gasteiger partial charge >= 0.3 is 11.9 Å². The number of rotatable bonds is 5. The molecule has 6 nitrogen and oxygen atoms in total. The molecule has 0 amide bonds. The molecule has 0 radical (unpaired) electrons. The van der Waals surface area contributed by atoms with E-state index in [0.29, 0.717) is 4.20 Å². The number of aliphatic carboxylic acids is 2. The van der Waals surface area contributed by atoms with Gasteiger partial charge in [-0.15, -0.1) is 11.6 Å². The summed E-state index contributed by atoms with van der Waals surface area (Å²) in [4.78, 5) is 30.4. The minimum Gasteiger partial charge on any atom is -0.481 e. The lowest BCUT2D eigenvalue weighted by molar-refractivity contribution is -0.143. The third kappa shape index (κ3) is 9.46. The fourth-order valence-electron chi connectivity index (χ4n) is 1.01. The second kappa shape index (κ2) is 11.1. The van der Waals surface area contributed by atoms with Gasteiger partial charge in [-0.3, -0.25) is 14.4 Å². The quantitative estimate of drug-likeness (QED) is 0.535. The number of thioether (sulfide) groups is 1. The molecule has 0 unspecified atom stereocenters. The molecule has 0 aromatic heterocycles. The molecule has 1 atom stereocenters. The van der Waals surface area contributed by atoms with Crippen LogP contribution in [0.15, 0.2) is 30.3 Å². The fraction of sp³-hybridized carbons (Fsp3) is 0.231. The summed E-state index contributed by atoms with van der Waals surface area (Å²) in [6.45, 7) is -0.475. The minimum atomic E-state index is -1.32. The highest BCUT2D eigenvalue weighted by atomic mass is 35.5. The number of carbonyl (C=O) groups is 3. The highest BCUT2D eigenvalue weighted by Gasteiger charge is 2.16. The highest BCUT2D eigenvalue weighted by Crippen LogP contribution is 2.13. The molecule has 0 heterocycles. The molecule has 0 aliphatic heterocycles. The summed E-state index contributed by atoms with van der Waals surface area (Å²) >= 11 is 10.9. The molecule has 22 heavy (non-hydrogen) atoms. The van der Waals surface area contributed by atoms with Crippen molar-refractivity contribution in [3.05, 3.63) is 35.9 Å². The first kappa shape index (κ1) is 20.5. The van der Waals surface area contributed by atoms with Gasteiger partial charge in [0.2, 0.25) is 5.12 Å². The van der Waals surface area contributed by atoms with Gasteiger partial charge in [-0.1, -0.05) is 42.5 Å². The third-order valence-electron chi connectivity index (χ3n) is 1.97. The zero-order chi connectivity index (χ0) is 17.1. The van der Waals surface area contributed by atoms with Crippen LogP contribution in [0.25, 0.3) is 0 Å². The van der Waals surface area contributed by atoms with E-state index in [9.17, 15) is 14.4 Å². The zero-order valence-corrected chi connectivity index (χ0v) is 13.5. The Labute approximate surface area is 141 Å². The number of halogens is 1. The summed E-state index contributed by atoms with van der Waals surface area (Å²) in [5, 5.41) is 22.9. The van der Waals surface area contributed by atoms with Crippen LogP contribution in [-0.2, 0) is 14.4 Å². The summed E-state index contributed by atoms with van der Waals surface area (Å²) in [6, 6.07) is 9.25. The summed E-state index contributed by atoms with van der Waals surface area (Å²) in [6.07, 6.45) is -0.545. The normalized spacial score (nSPS) is 10.8. The van der Waals surface area contributed by atoms with E-state index in [0.717, 1.165) is 17.3 Å². The molecule has 0 saturated carbocycles. The smallest absolute Gasteiger partial charge is 0.322 e. The van der Waals surface area contributed by atoms with E-state index >= 15 is 0 Å². The van der Waals surface area contributed by atoms with Crippen molar-refractivity contribution in [3.8, 4) is 0 Å². The Kier molecular flexibility index (Phi) is 10.4. The van der Waals surface area contributed by atoms with E-state index in [1.54, 1.807) is 0 Å². The van der Waals surface area contributed by atoms with Crippen LogP contribution < -0.4 is 0 Å². The van der Waals surface area contributed by atoms with Crippen LogP contribution in [-0.4, -0.2) is 48.6 Å². The summed E-state index contributed by atoms with van der Waals surface area (Å²) < 4.78 is 0.500. The topological polar surface area (TPSA) is 112 Å². The van der Waals surface area contributed by atoms with Crippen molar-refractivity contribution in [1.29, 1.82) is 0 Å². The molecule has 0 fully saturated rings. The lowest BCUT2D eigenvalue weighted by Crippen LogP contribution is -2.17. The number of hydrogen-bond acceptors (Lipinski definition) is 6. The van der Waals surface area contributed by atoms with Gasteiger partial charge in [0.1, 0.15) is 12.0 Å². The Bertz CT molecular complexity index is 535. The number of hydrogen-bond donors (Lipinski definition) is 3. The van der Waals surface area contributed by atoms with Crippen LogP contribution in [0.3, 0.4) is 0 Å². The molecule has 0 bridgehead atoms. The molecular formula is C13H13ClO6S2. The van der Waals surface area contributed by atoms with Gasteiger partial charge in [-0.05, 0) is 17.3 Å². The lowest BCUT2D eigenvalue weighted by Gasteiger charge is -1.99. The molecular weight excluding hydrogens is 352 g/mol. The van der Waals surface area contributed by atoms with E-state index in [1.165, 1.54) is 0 Å². The second-order valence-electron chi connectivity index (χ2n) is 3.69. The van der Waals surface area contributed by atoms with Crippen LogP contribution in [0.4, 0.5) is 0 Å². The van der Waals surface area contributed by atoms with E-state index in [1.807, 2.05) is 30.3 Å². The SMILES string of the molecule is O=C(CO)SC(=S)c1ccccc1.O=C(O)C[C@H](Cl)C(=O)O. The average molecular weight is 365 g/mol. The van der Waals surface area contributed by atoms with E-state index in [4.69, 9.17) is 39.1 Å². The van der Waals surface area contributed by atoms with Crippen molar-refractivity contribution in [2.75, 3.05) is 6.61 Å². The van der Waals surface area contributed by atoms with Crippen LogP contribution in [0, 0.1) is 0 Å². The number of benzene rings is 1. The van der Waals surface area contributed by atoms with Crippen LogP contribution in [0.2, 0.25) is 0 Å². The largest absolute Gasteiger partial charge is 0.481 e. The standard InChI is InChI=1S/C9H8O2S2.C4H5ClO4/c10-6-8(11)13-9(12)7-4-2-1-3-5-7;5-2(4(8)9)1-3(6)7/h1-5,10H,6H2;2H,1H2,(H,6,7)(H,8,9)/t;2-/m.0/s1. The molecule has 1 rings (SSSR count). The monoisotopic (exact) mass is 364 g/mol. The van der Waals surface area contributed by atoms with Gasteiger partial charge in [0.05, 0.1) is 10.6 Å². The third-order valence-corrected chi connectivity index (χ3v) is 3.57. The summed E-state index contributed by atoms with van der Waals surface area (Å²) in [7, 11) is 0. The number of carboxylic acids is 2. The van der Waals surface area contributed by atoms with E-state index < -0.39 is 30.3 Å². The molecule has 3 N–H and O–H groups in total. The Hall–Kier alpha value is -1.48.